The summed E-state index contributed by atoms with van der Waals surface area (Å²) in [6, 6.07) is 2.94. The fourth-order valence-electron chi connectivity index (χ4n) is 2.29. The van der Waals surface area contributed by atoms with Crippen LogP contribution >= 0.6 is 0 Å². The van der Waals surface area contributed by atoms with Crippen molar-refractivity contribution >= 4 is 0 Å². The van der Waals surface area contributed by atoms with Crippen molar-refractivity contribution in [3.05, 3.63) is 23.7 Å². The summed E-state index contributed by atoms with van der Waals surface area (Å²) in [5.74, 6) is 1.79. The zero-order valence-electron chi connectivity index (χ0n) is 11.9. The van der Waals surface area contributed by atoms with Gasteiger partial charge in [0.05, 0.1) is 12.8 Å². The second-order valence-electron chi connectivity index (χ2n) is 5.69. The fourth-order valence-corrected chi connectivity index (χ4v) is 2.29. The monoisotopic (exact) mass is 250 g/mol. The number of furan rings is 1. The molecule has 0 aromatic carbocycles. The van der Waals surface area contributed by atoms with Crippen LogP contribution in [-0.4, -0.2) is 24.0 Å². The molecule has 0 atom stereocenters. The van der Waals surface area contributed by atoms with Gasteiger partial charge < -0.3 is 9.73 Å². The van der Waals surface area contributed by atoms with Gasteiger partial charge >= 0.3 is 0 Å². The van der Waals surface area contributed by atoms with Crippen LogP contribution in [0.1, 0.15) is 44.9 Å². The minimum atomic E-state index is 0.682. The largest absolute Gasteiger partial charge is 0.468 e. The van der Waals surface area contributed by atoms with Crippen molar-refractivity contribution in [2.45, 2.75) is 52.7 Å². The summed E-state index contributed by atoms with van der Waals surface area (Å²) in [7, 11) is 0. The third kappa shape index (κ3) is 3.85. The Kier molecular flexibility index (Phi) is 4.84. The number of hydrogen-bond acceptors (Lipinski definition) is 3. The van der Waals surface area contributed by atoms with E-state index >= 15 is 0 Å². The van der Waals surface area contributed by atoms with Crippen molar-refractivity contribution in [3.63, 3.8) is 0 Å². The van der Waals surface area contributed by atoms with E-state index in [9.17, 15) is 0 Å². The van der Waals surface area contributed by atoms with E-state index in [4.69, 9.17) is 4.42 Å². The molecule has 1 aromatic rings. The van der Waals surface area contributed by atoms with Gasteiger partial charge in [-0.15, -0.1) is 0 Å². The third-order valence-electron chi connectivity index (χ3n) is 3.52. The zero-order chi connectivity index (χ0) is 13.0. The van der Waals surface area contributed by atoms with Crippen molar-refractivity contribution in [1.29, 1.82) is 0 Å². The molecule has 102 valence electrons. The van der Waals surface area contributed by atoms with Crippen LogP contribution < -0.4 is 5.32 Å². The van der Waals surface area contributed by atoms with Crippen LogP contribution in [0.5, 0.6) is 0 Å². The highest BCUT2D eigenvalue weighted by molar-refractivity contribution is 5.17. The second-order valence-corrected chi connectivity index (χ2v) is 5.69. The zero-order valence-corrected chi connectivity index (χ0v) is 11.9. The molecular formula is C15H26N2O. The lowest BCUT2D eigenvalue weighted by atomic mass is 10.2. The van der Waals surface area contributed by atoms with Gasteiger partial charge in [0.1, 0.15) is 5.76 Å². The number of rotatable bonds is 8. The van der Waals surface area contributed by atoms with E-state index in [2.05, 4.69) is 37.1 Å². The Balaban J connectivity index is 1.86. The van der Waals surface area contributed by atoms with Crippen LogP contribution in [0.2, 0.25) is 0 Å². The van der Waals surface area contributed by atoms with Crippen molar-refractivity contribution < 1.29 is 4.42 Å². The van der Waals surface area contributed by atoms with E-state index in [-0.39, 0.29) is 0 Å². The minimum Gasteiger partial charge on any atom is -0.468 e. The topological polar surface area (TPSA) is 28.4 Å². The maximum absolute atomic E-state index is 5.60. The third-order valence-corrected chi connectivity index (χ3v) is 3.52. The molecule has 0 radical (unpaired) electrons. The molecule has 1 aliphatic rings. The van der Waals surface area contributed by atoms with Gasteiger partial charge in [0.2, 0.25) is 0 Å². The Labute approximate surface area is 111 Å². The normalized spacial score (nSPS) is 15.8. The van der Waals surface area contributed by atoms with Crippen LogP contribution in [0, 0.1) is 5.92 Å². The highest BCUT2D eigenvalue weighted by Gasteiger charge is 2.28. The van der Waals surface area contributed by atoms with Crippen LogP contribution in [0.3, 0.4) is 0 Å². The number of nitrogens with zero attached hydrogens (tertiary/aromatic N) is 1. The van der Waals surface area contributed by atoms with E-state index in [1.165, 1.54) is 18.4 Å². The maximum Gasteiger partial charge on any atom is 0.122 e. The molecule has 0 amide bonds. The van der Waals surface area contributed by atoms with Crippen LogP contribution in [-0.2, 0) is 13.1 Å². The molecule has 1 saturated carbocycles. The molecule has 3 nitrogen and oxygen atoms in total. The lowest BCUT2D eigenvalue weighted by Gasteiger charge is -2.19. The molecule has 0 unspecified atom stereocenters. The first kappa shape index (κ1) is 13.6. The van der Waals surface area contributed by atoms with E-state index in [1.807, 2.05) is 6.26 Å². The predicted octanol–water partition coefficient (Wildman–Crippen LogP) is 3.01. The highest BCUT2D eigenvalue weighted by atomic mass is 16.3. The molecule has 1 heterocycles. The van der Waals surface area contributed by atoms with Crippen molar-refractivity contribution in [2.24, 2.45) is 5.92 Å². The highest BCUT2D eigenvalue weighted by Crippen LogP contribution is 2.28. The lowest BCUT2D eigenvalue weighted by molar-refractivity contribution is 0.266. The van der Waals surface area contributed by atoms with Crippen molar-refractivity contribution in [2.75, 3.05) is 13.1 Å². The summed E-state index contributed by atoms with van der Waals surface area (Å²) in [6.07, 6.45) is 4.56. The minimum absolute atomic E-state index is 0.682. The number of hydrogen-bond donors (Lipinski definition) is 1. The first-order valence-corrected chi connectivity index (χ1v) is 7.20. The molecule has 1 N–H and O–H groups in total. The van der Waals surface area contributed by atoms with Crippen molar-refractivity contribution in [1.82, 2.24) is 10.2 Å². The standard InChI is InChI=1S/C15H26N2O/c1-4-17(14-5-6-14)11-13-7-8-18-15(13)10-16-9-12(2)3/h7-8,12,14,16H,4-6,9-11H2,1-3H3. The molecule has 1 fully saturated rings. The molecule has 0 spiro atoms. The second kappa shape index (κ2) is 6.39. The molecule has 1 aromatic heterocycles. The van der Waals surface area contributed by atoms with Gasteiger partial charge in [-0.25, -0.2) is 0 Å². The molecule has 2 rings (SSSR count). The lowest BCUT2D eigenvalue weighted by Crippen LogP contribution is -2.26. The Hall–Kier alpha value is -0.800. The van der Waals surface area contributed by atoms with Gasteiger partial charge in [-0.05, 0) is 37.9 Å². The molecule has 0 saturated heterocycles. The summed E-state index contributed by atoms with van der Waals surface area (Å²) in [4.78, 5) is 2.55. The average Bonchev–Trinajstić information content (AvgIpc) is 3.08. The Morgan fingerprint density at radius 3 is 2.83 bits per heavy atom. The van der Waals surface area contributed by atoms with E-state index < -0.39 is 0 Å². The van der Waals surface area contributed by atoms with Crippen LogP contribution in [0.25, 0.3) is 0 Å². The summed E-state index contributed by atoms with van der Waals surface area (Å²) < 4.78 is 5.60. The Bertz CT molecular complexity index is 355. The predicted molar refractivity (Wildman–Crippen MR) is 74.4 cm³/mol. The summed E-state index contributed by atoms with van der Waals surface area (Å²) in [5, 5.41) is 3.45. The first-order chi connectivity index (χ1) is 8.70. The molecule has 0 aliphatic heterocycles. The summed E-state index contributed by atoms with van der Waals surface area (Å²) in [6.45, 7) is 10.8. The van der Waals surface area contributed by atoms with Gasteiger partial charge in [-0.3, -0.25) is 4.90 Å². The molecular weight excluding hydrogens is 224 g/mol. The van der Waals surface area contributed by atoms with E-state index in [1.54, 1.807) is 0 Å². The van der Waals surface area contributed by atoms with Crippen LogP contribution in [0.15, 0.2) is 16.7 Å². The van der Waals surface area contributed by atoms with E-state index in [0.29, 0.717) is 5.92 Å². The molecule has 0 bridgehead atoms. The first-order valence-electron chi connectivity index (χ1n) is 7.20. The van der Waals surface area contributed by atoms with Crippen LogP contribution in [0.4, 0.5) is 0 Å². The van der Waals surface area contributed by atoms with Crippen molar-refractivity contribution in [3.8, 4) is 0 Å². The summed E-state index contributed by atoms with van der Waals surface area (Å²) >= 11 is 0. The van der Waals surface area contributed by atoms with Gasteiger partial charge in [0.15, 0.2) is 0 Å². The molecule has 18 heavy (non-hydrogen) atoms. The van der Waals surface area contributed by atoms with Gasteiger partial charge in [-0.2, -0.15) is 0 Å². The Morgan fingerprint density at radius 2 is 2.22 bits per heavy atom. The molecule has 3 heteroatoms. The Morgan fingerprint density at radius 1 is 1.44 bits per heavy atom. The molecule has 1 aliphatic carbocycles. The summed E-state index contributed by atoms with van der Waals surface area (Å²) in [5.41, 5.74) is 1.35. The number of nitrogens with one attached hydrogen (secondary N) is 1. The van der Waals surface area contributed by atoms with E-state index in [0.717, 1.165) is 38.0 Å². The maximum atomic E-state index is 5.60. The smallest absolute Gasteiger partial charge is 0.122 e. The van der Waals surface area contributed by atoms with Gasteiger partial charge in [0, 0.05) is 18.2 Å². The van der Waals surface area contributed by atoms with Gasteiger partial charge in [0.25, 0.3) is 0 Å². The average molecular weight is 250 g/mol. The SMILES string of the molecule is CCN(Cc1ccoc1CNCC(C)C)C1CC1. The quantitative estimate of drug-likeness (QED) is 0.769. The fraction of sp³-hybridized carbons (Fsp3) is 0.733. The van der Waals surface area contributed by atoms with Gasteiger partial charge in [-0.1, -0.05) is 20.8 Å².